The first-order valence-electron chi connectivity index (χ1n) is 40.1. The number of nitrogens with zero attached hydrogens (tertiary/aromatic N) is 5. The molecule has 0 N–H and O–H groups in total. The lowest BCUT2D eigenvalue weighted by Gasteiger charge is -2.50. The van der Waals surface area contributed by atoms with Crippen LogP contribution in [0.3, 0.4) is 0 Å². The monoisotopic (exact) mass is 1490 g/mol. The molecule has 10 rings (SSSR count). The van der Waals surface area contributed by atoms with Crippen molar-refractivity contribution in [2.24, 2.45) is 48.7 Å². The molecule has 0 aromatic heterocycles. The number of hydrogen-bond acceptors (Lipinski definition) is 9. The van der Waals surface area contributed by atoms with Crippen molar-refractivity contribution in [1.29, 1.82) is 0 Å². The van der Waals surface area contributed by atoms with E-state index >= 15 is 0 Å². The van der Waals surface area contributed by atoms with Crippen LogP contribution in [0.1, 0.15) is 346 Å². The zero-order valence-electron chi connectivity index (χ0n) is 79.3. The molecule has 0 aliphatic carbocycles. The van der Waals surface area contributed by atoms with Crippen LogP contribution in [0.2, 0.25) is 0 Å². The Labute approximate surface area is 662 Å². The number of benzene rings is 1. The SMILES string of the molecule is CC1=C(C)C(C)(C)C(C)(C)N1C.CC1=C(C)C(C)(C)C(C)(C)N1C(C)(C)C.CC1=C(C)C(C)(C)C(C)(C)O1.CC1=C(C)C(C)(C)C(C)(C)S1.CC1=C(C)C(C)(C)CN1C.CC1=C(C)C(C)(C)CN1C(C)(C)C.CC1=C(C)C(C)(C)CN1c1ccccc1.CC1=C(C)C(C)(C)CO1.CC1=C(C)C(C)(C)CS1. The van der Waals surface area contributed by atoms with Crippen molar-refractivity contribution in [2.45, 2.75) is 379 Å². The van der Waals surface area contributed by atoms with Gasteiger partial charge in [0, 0.05) is 144 Å². The fraction of sp³-hybridized carbons (Fsp3) is 0.750. The number of para-hydroxylation sites is 1. The molecule has 0 radical (unpaired) electrons. The van der Waals surface area contributed by atoms with Crippen molar-refractivity contribution >= 4 is 29.2 Å². The van der Waals surface area contributed by atoms with Gasteiger partial charge in [0.25, 0.3) is 0 Å². The van der Waals surface area contributed by atoms with Crippen LogP contribution in [-0.2, 0) is 9.47 Å². The summed E-state index contributed by atoms with van der Waals surface area (Å²) in [4.78, 5) is 15.3. The quantitative estimate of drug-likeness (QED) is 0.273. The van der Waals surface area contributed by atoms with Crippen molar-refractivity contribution in [1.82, 2.24) is 19.6 Å². The molecule has 0 unspecified atom stereocenters. The molecule has 1 aromatic carbocycles. The maximum Gasteiger partial charge on any atom is 0.112 e. The Bertz CT molecular complexity index is 3440. The van der Waals surface area contributed by atoms with Gasteiger partial charge in [0.15, 0.2) is 0 Å². The van der Waals surface area contributed by atoms with Gasteiger partial charge < -0.3 is 34.0 Å². The number of thioether (sulfide) groups is 2. The van der Waals surface area contributed by atoms with Crippen molar-refractivity contribution in [3.63, 3.8) is 0 Å². The van der Waals surface area contributed by atoms with Crippen molar-refractivity contribution in [3.8, 4) is 0 Å². The smallest absolute Gasteiger partial charge is 0.112 e. The molecule has 9 heteroatoms. The van der Waals surface area contributed by atoms with Crippen LogP contribution in [0.5, 0.6) is 0 Å². The van der Waals surface area contributed by atoms with Crippen molar-refractivity contribution in [2.75, 3.05) is 51.0 Å². The van der Waals surface area contributed by atoms with E-state index in [0.717, 1.165) is 31.2 Å². The molecule has 0 atom stereocenters. The van der Waals surface area contributed by atoms with Gasteiger partial charge >= 0.3 is 0 Å². The van der Waals surface area contributed by atoms with E-state index in [1.807, 2.05) is 37.4 Å². The maximum atomic E-state index is 5.76. The minimum Gasteiger partial charge on any atom is -0.497 e. The summed E-state index contributed by atoms with van der Waals surface area (Å²) >= 11 is 4.01. The highest BCUT2D eigenvalue weighted by Crippen LogP contribution is 2.58. The van der Waals surface area contributed by atoms with E-state index in [0.29, 0.717) is 37.2 Å². The Kier molecular flexibility index (Phi) is 30.8. The highest BCUT2D eigenvalue weighted by molar-refractivity contribution is 8.04. The summed E-state index contributed by atoms with van der Waals surface area (Å²) < 4.78 is 11.5. The second-order valence-corrected chi connectivity index (χ2v) is 45.2. The van der Waals surface area contributed by atoms with Crippen LogP contribution in [0.15, 0.2) is 130 Å². The summed E-state index contributed by atoms with van der Waals surface area (Å²) in [5.74, 6) is 3.48. The molecule has 9 heterocycles. The van der Waals surface area contributed by atoms with Crippen LogP contribution >= 0.6 is 23.5 Å². The summed E-state index contributed by atoms with van der Waals surface area (Å²) in [5, 5.41) is 0. The molecule has 0 saturated heterocycles. The molecular weight excluding hydrogens is 1320 g/mol. The van der Waals surface area contributed by atoms with Gasteiger partial charge in [-0.05, 0) is 288 Å². The Morgan fingerprint density at radius 2 is 0.790 bits per heavy atom. The van der Waals surface area contributed by atoms with Crippen LogP contribution < -0.4 is 4.90 Å². The molecule has 9 aliphatic heterocycles. The first-order valence-corrected chi connectivity index (χ1v) is 41.9. The van der Waals surface area contributed by atoms with Crippen LogP contribution in [-0.4, -0.2) is 98.2 Å². The summed E-state index contributed by atoms with van der Waals surface area (Å²) in [7, 11) is 4.35. The summed E-state index contributed by atoms with van der Waals surface area (Å²) in [6.07, 6.45) is 0. The molecule has 105 heavy (non-hydrogen) atoms. The molecule has 0 bridgehead atoms. The fourth-order valence-electron chi connectivity index (χ4n) is 15.9. The Hall–Kier alpha value is -3.82. The average Bonchev–Trinajstić information content (AvgIpc) is 1.57. The predicted octanol–water partition coefficient (Wildman–Crippen LogP) is 29.1. The third-order valence-electron chi connectivity index (χ3n) is 29.7. The van der Waals surface area contributed by atoms with Crippen LogP contribution in [0, 0.1) is 48.7 Å². The lowest BCUT2D eigenvalue weighted by molar-refractivity contribution is -0.00761. The Morgan fingerprint density at radius 3 is 0.952 bits per heavy atom. The van der Waals surface area contributed by atoms with Crippen molar-refractivity contribution < 1.29 is 9.47 Å². The lowest BCUT2D eigenvalue weighted by atomic mass is 9.71. The molecule has 0 saturated carbocycles. The predicted molar refractivity (Wildman–Crippen MR) is 475 cm³/mol. The van der Waals surface area contributed by atoms with Crippen molar-refractivity contribution in [3.05, 3.63) is 130 Å². The molecular formula is C96H171N5O2S2. The zero-order valence-corrected chi connectivity index (χ0v) is 80.9. The number of ether oxygens (including phenoxy) is 2. The van der Waals surface area contributed by atoms with E-state index in [-0.39, 0.29) is 44.0 Å². The van der Waals surface area contributed by atoms with Gasteiger partial charge in [0.2, 0.25) is 0 Å². The van der Waals surface area contributed by atoms with E-state index in [2.05, 4.69) is 401 Å². The third kappa shape index (κ3) is 20.9. The molecule has 0 spiro atoms. The molecule has 604 valence electrons. The Morgan fingerprint density at radius 1 is 0.362 bits per heavy atom. The lowest BCUT2D eigenvalue weighted by Crippen LogP contribution is -2.55. The number of hydrogen-bond donors (Lipinski definition) is 0. The second-order valence-electron chi connectivity index (χ2n) is 42.2. The molecule has 9 aliphatic rings. The van der Waals surface area contributed by atoms with Gasteiger partial charge in [0.05, 0.1) is 18.1 Å². The molecule has 0 amide bonds. The standard InChI is InChI=1S/C14H19N.C14H27N.C12H23N.C11H21N.C10H18O.C10H18S.C9H17N.C8H14O.C8H14S/c1-11-12(2)15(10-14(11,3)4)13-8-6-5-7-9-13;1-10-11(2)15(12(3,4)5)14(8,9)13(10,6)7;1-9-10(2)13(11(3,4)5)8-12(9,6)7;1-8-9(2)12(7)11(5,6)10(8,3)4;2*1-7-8(2)11-10(5,6)9(7,3)4;1-7-8(2)10(5)6-9(7,3)4;2*1-6-7(2)9-5-8(6,3)4/h5-9H,10H2,1-4H3;1-9H3;8H2,1-7H3;1-7H3;2*1-6H3;6H2,1-5H3;2*5H2,1-4H3. The fourth-order valence-corrected chi connectivity index (χ4v) is 18.8. The second kappa shape index (κ2) is 33.2. The van der Waals surface area contributed by atoms with Gasteiger partial charge in [-0.1, -0.05) is 154 Å². The number of anilines is 1. The number of allylic oxidation sites excluding steroid dienone is 11. The largest absolute Gasteiger partial charge is 0.497 e. The zero-order chi connectivity index (χ0) is 83.3. The maximum absolute atomic E-state index is 5.76. The van der Waals surface area contributed by atoms with Crippen LogP contribution in [0.4, 0.5) is 5.69 Å². The van der Waals surface area contributed by atoms with Gasteiger partial charge in [-0.15, -0.1) is 23.5 Å². The minimum absolute atomic E-state index is 0.0405. The molecule has 0 fully saturated rings. The van der Waals surface area contributed by atoms with E-state index < -0.39 is 0 Å². The van der Waals surface area contributed by atoms with E-state index in [4.69, 9.17) is 9.47 Å². The summed E-state index contributed by atoms with van der Waals surface area (Å²) in [5.41, 5.74) is 25.8. The first-order chi connectivity index (χ1) is 46.4. The third-order valence-corrected chi connectivity index (χ3v) is 33.0. The van der Waals surface area contributed by atoms with E-state index in [1.54, 1.807) is 16.7 Å². The van der Waals surface area contributed by atoms with E-state index in [9.17, 15) is 0 Å². The van der Waals surface area contributed by atoms with Gasteiger partial charge in [0.1, 0.15) is 5.60 Å². The average molecular weight is 1490 g/mol. The van der Waals surface area contributed by atoms with E-state index in [1.165, 1.54) is 89.7 Å². The van der Waals surface area contributed by atoms with Gasteiger partial charge in [-0.3, -0.25) is 0 Å². The normalized spacial score (nSPS) is 24.6. The van der Waals surface area contributed by atoms with Gasteiger partial charge in [-0.25, -0.2) is 0 Å². The minimum atomic E-state index is -0.0405. The number of rotatable bonds is 1. The highest BCUT2D eigenvalue weighted by atomic mass is 32.2. The topological polar surface area (TPSA) is 34.7 Å². The molecule has 7 nitrogen and oxygen atoms in total. The van der Waals surface area contributed by atoms with Crippen LogP contribution in [0.25, 0.3) is 0 Å². The first kappa shape index (κ1) is 97.3. The summed E-state index contributed by atoms with van der Waals surface area (Å²) in [6.45, 7) is 118. The Balaban J connectivity index is 0.000000403. The highest BCUT2D eigenvalue weighted by Gasteiger charge is 2.53. The summed E-state index contributed by atoms with van der Waals surface area (Å²) in [6, 6.07) is 10.6. The molecule has 1 aromatic rings. The van der Waals surface area contributed by atoms with Gasteiger partial charge in [-0.2, -0.15) is 0 Å².